The summed E-state index contributed by atoms with van der Waals surface area (Å²) in [5.74, 6) is -0.101. The first kappa shape index (κ1) is 13.6. The van der Waals surface area contributed by atoms with E-state index in [9.17, 15) is 9.59 Å². The van der Waals surface area contributed by atoms with Crippen LogP contribution in [0.25, 0.3) is 0 Å². The zero-order valence-corrected chi connectivity index (χ0v) is 11.2. The Morgan fingerprint density at radius 3 is 2.32 bits per heavy atom. The molecule has 4 heteroatoms. The van der Waals surface area contributed by atoms with Gasteiger partial charge < -0.3 is 0 Å². The molecule has 0 aromatic heterocycles. The van der Waals surface area contributed by atoms with Gasteiger partial charge in [0.2, 0.25) is 11.8 Å². The fraction of sp³-hybridized carbons (Fsp3) is 0.467. The van der Waals surface area contributed by atoms with E-state index in [1.807, 2.05) is 0 Å². The minimum atomic E-state index is -0.145. The van der Waals surface area contributed by atoms with Crippen LogP contribution >= 0.6 is 0 Å². The van der Waals surface area contributed by atoms with Gasteiger partial charge in [-0.15, -0.1) is 0 Å². The molecular formula is C15H20N2O2. The van der Waals surface area contributed by atoms with Crippen molar-refractivity contribution < 1.29 is 9.59 Å². The largest absolute Gasteiger partial charge is 0.273 e. The number of amides is 2. The number of nitrogens with one attached hydrogen (secondary N) is 2. The van der Waals surface area contributed by atoms with Crippen LogP contribution < -0.4 is 10.9 Å². The first-order valence-corrected chi connectivity index (χ1v) is 6.85. The Morgan fingerprint density at radius 1 is 1.11 bits per heavy atom. The SMILES string of the molecule is CCc1ccc(CCC(=O)NNC(=O)C2CC2)cc1. The van der Waals surface area contributed by atoms with Gasteiger partial charge in [-0.1, -0.05) is 31.2 Å². The van der Waals surface area contributed by atoms with E-state index in [2.05, 4.69) is 42.0 Å². The number of rotatable bonds is 5. The predicted octanol–water partition coefficient (Wildman–Crippen LogP) is 1.74. The van der Waals surface area contributed by atoms with Crippen LogP contribution in [0.4, 0.5) is 0 Å². The molecule has 102 valence electrons. The van der Waals surface area contributed by atoms with Crippen molar-refractivity contribution >= 4 is 11.8 Å². The van der Waals surface area contributed by atoms with Crippen molar-refractivity contribution in [3.05, 3.63) is 35.4 Å². The second-order valence-corrected chi connectivity index (χ2v) is 4.98. The molecule has 0 heterocycles. The van der Waals surface area contributed by atoms with Crippen molar-refractivity contribution in [2.24, 2.45) is 5.92 Å². The second-order valence-electron chi connectivity index (χ2n) is 4.98. The van der Waals surface area contributed by atoms with Gasteiger partial charge in [0.05, 0.1) is 0 Å². The zero-order valence-electron chi connectivity index (χ0n) is 11.2. The third kappa shape index (κ3) is 4.39. The molecule has 1 fully saturated rings. The van der Waals surface area contributed by atoms with Crippen LogP contribution in [0.15, 0.2) is 24.3 Å². The van der Waals surface area contributed by atoms with Gasteiger partial charge in [0.25, 0.3) is 0 Å². The Hall–Kier alpha value is -1.84. The molecule has 0 bridgehead atoms. The van der Waals surface area contributed by atoms with E-state index in [-0.39, 0.29) is 17.7 Å². The summed E-state index contributed by atoms with van der Waals surface area (Å²) in [6.45, 7) is 2.12. The molecule has 2 N–H and O–H groups in total. The highest BCUT2D eigenvalue weighted by Crippen LogP contribution is 2.28. The molecule has 1 saturated carbocycles. The third-order valence-corrected chi connectivity index (χ3v) is 3.35. The van der Waals surface area contributed by atoms with Gasteiger partial charge in [0, 0.05) is 12.3 Å². The summed E-state index contributed by atoms with van der Waals surface area (Å²) >= 11 is 0. The number of benzene rings is 1. The maximum Gasteiger partial charge on any atom is 0.241 e. The average Bonchev–Trinajstić information content (AvgIpc) is 3.27. The minimum Gasteiger partial charge on any atom is -0.273 e. The van der Waals surface area contributed by atoms with Crippen molar-refractivity contribution in [3.8, 4) is 0 Å². The molecule has 0 radical (unpaired) electrons. The smallest absolute Gasteiger partial charge is 0.241 e. The highest BCUT2D eigenvalue weighted by molar-refractivity contribution is 5.84. The molecule has 1 aliphatic carbocycles. The second kappa shape index (κ2) is 6.36. The Bertz CT molecular complexity index is 450. The molecule has 19 heavy (non-hydrogen) atoms. The predicted molar refractivity (Wildman–Crippen MR) is 73.2 cm³/mol. The van der Waals surface area contributed by atoms with Gasteiger partial charge in [-0.3, -0.25) is 20.4 Å². The molecule has 0 unspecified atom stereocenters. The van der Waals surface area contributed by atoms with Crippen molar-refractivity contribution in [2.75, 3.05) is 0 Å². The van der Waals surface area contributed by atoms with Crippen LogP contribution in [0.2, 0.25) is 0 Å². The number of carbonyl (C=O) groups excluding carboxylic acids is 2. The molecule has 0 spiro atoms. The van der Waals surface area contributed by atoms with Gasteiger partial charge in [-0.25, -0.2) is 0 Å². The van der Waals surface area contributed by atoms with Crippen LogP contribution in [0.1, 0.15) is 37.3 Å². The number of carbonyl (C=O) groups is 2. The molecule has 0 aliphatic heterocycles. The molecule has 0 saturated heterocycles. The van der Waals surface area contributed by atoms with Crippen molar-refractivity contribution in [1.82, 2.24) is 10.9 Å². The lowest BCUT2D eigenvalue weighted by atomic mass is 10.1. The third-order valence-electron chi connectivity index (χ3n) is 3.35. The first-order valence-electron chi connectivity index (χ1n) is 6.85. The fourth-order valence-electron chi connectivity index (χ4n) is 1.84. The molecule has 1 aromatic carbocycles. The summed E-state index contributed by atoms with van der Waals surface area (Å²) in [5.41, 5.74) is 7.35. The lowest BCUT2D eigenvalue weighted by molar-refractivity contribution is -0.129. The summed E-state index contributed by atoms with van der Waals surface area (Å²) in [4.78, 5) is 22.9. The normalized spacial score (nSPS) is 13.9. The van der Waals surface area contributed by atoms with Gasteiger partial charge in [-0.2, -0.15) is 0 Å². The highest BCUT2D eigenvalue weighted by atomic mass is 16.2. The van der Waals surface area contributed by atoms with Crippen LogP contribution in [0, 0.1) is 5.92 Å². The van der Waals surface area contributed by atoms with Crippen LogP contribution in [0.3, 0.4) is 0 Å². The van der Waals surface area contributed by atoms with E-state index >= 15 is 0 Å². The van der Waals surface area contributed by atoms with E-state index in [1.165, 1.54) is 5.56 Å². The van der Waals surface area contributed by atoms with Gasteiger partial charge >= 0.3 is 0 Å². The standard InChI is InChI=1S/C15H20N2O2/c1-2-11-3-5-12(6-4-11)7-10-14(18)16-17-15(19)13-8-9-13/h3-6,13H,2,7-10H2,1H3,(H,16,18)(H,17,19). The molecule has 0 atom stereocenters. The van der Waals surface area contributed by atoms with Gasteiger partial charge in [0.1, 0.15) is 0 Å². The zero-order chi connectivity index (χ0) is 13.7. The van der Waals surface area contributed by atoms with Crippen LogP contribution in [0.5, 0.6) is 0 Å². The summed E-state index contributed by atoms with van der Waals surface area (Å²) in [6.07, 6.45) is 3.97. The summed E-state index contributed by atoms with van der Waals surface area (Å²) in [6, 6.07) is 8.27. The van der Waals surface area contributed by atoms with Gasteiger partial charge in [-0.05, 0) is 36.8 Å². The first-order chi connectivity index (χ1) is 9.19. The Labute approximate surface area is 113 Å². The Morgan fingerprint density at radius 2 is 1.74 bits per heavy atom. The summed E-state index contributed by atoms with van der Waals surface area (Å²) in [5, 5.41) is 0. The van der Waals surface area contributed by atoms with E-state index in [0.717, 1.165) is 24.8 Å². The molecule has 2 rings (SSSR count). The molecule has 1 aliphatic rings. The van der Waals surface area contributed by atoms with Gasteiger partial charge in [0.15, 0.2) is 0 Å². The summed E-state index contributed by atoms with van der Waals surface area (Å²) in [7, 11) is 0. The Balaban J connectivity index is 1.68. The number of hydrogen-bond donors (Lipinski definition) is 2. The monoisotopic (exact) mass is 260 g/mol. The van der Waals surface area contributed by atoms with Crippen LogP contribution in [-0.4, -0.2) is 11.8 Å². The average molecular weight is 260 g/mol. The maximum atomic E-state index is 11.6. The number of hydrogen-bond acceptors (Lipinski definition) is 2. The van der Waals surface area contributed by atoms with E-state index in [4.69, 9.17) is 0 Å². The van der Waals surface area contributed by atoms with Crippen molar-refractivity contribution in [1.29, 1.82) is 0 Å². The number of hydrazine groups is 1. The van der Waals surface area contributed by atoms with E-state index in [1.54, 1.807) is 0 Å². The lowest BCUT2D eigenvalue weighted by Gasteiger charge is -2.07. The molecule has 1 aromatic rings. The molecular weight excluding hydrogens is 240 g/mol. The van der Waals surface area contributed by atoms with Crippen LogP contribution in [-0.2, 0) is 22.4 Å². The lowest BCUT2D eigenvalue weighted by Crippen LogP contribution is -2.42. The summed E-state index contributed by atoms with van der Waals surface area (Å²) < 4.78 is 0. The number of aryl methyl sites for hydroxylation is 2. The van der Waals surface area contributed by atoms with Crippen molar-refractivity contribution in [2.45, 2.75) is 39.0 Å². The van der Waals surface area contributed by atoms with E-state index < -0.39 is 0 Å². The van der Waals surface area contributed by atoms with E-state index in [0.29, 0.717) is 12.8 Å². The molecule has 2 amide bonds. The maximum absolute atomic E-state index is 11.6. The quantitative estimate of drug-likeness (QED) is 0.792. The highest BCUT2D eigenvalue weighted by Gasteiger charge is 2.29. The van der Waals surface area contributed by atoms with Crippen molar-refractivity contribution in [3.63, 3.8) is 0 Å². The fourth-order valence-corrected chi connectivity index (χ4v) is 1.84. The molecule has 4 nitrogen and oxygen atoms in total. The minimum absolute atomic E-state index is 0.0688. The topological polar surface area (TPSA) is 58.2 Å². The Kier molecular flexibility index (Phi) is 4.55.